The number of aliphatic hydroxyl groups is 1. The lowest BCUT2D eigenvalue weighted by Gasteiger charge is -2.32. The Balaban J connectivity index is 1.97. The van der Waals surface area contributed by atoms with Crippen LogP contribution >= 0.6 is 23.2 Å². The summed E-state index contributed by atoms with van der Waals surface area (Å²) in [6, 6.07) is 22.5. The van der Waals surface area contributed by atoms with E-state index in [0.717, 1.165) is 11.1 Å². The predicted octanol–water partition coefficient (Wildman–Crippen LogP) is 4.41. The fourth-order valence-corrected chi connectivity index (χ4v) is 3.62. The second-order valence-corrected chi connectivity index (χ2v) is 8.15. The molecule has 0 fully saturated rings. The number of aliphatic hydroxyl groups excluding tert-OH is 1. The summed E-state index contributed by atoms with van der Waals surface area (Å²) in [7, 11) is 0. The maximum Gasteiger partial charge on any atom is 0.247 e. The summed E-state index contributed by atoms with van der Waals surface area (Å²) in [5, 5.41) is 13.1. The monoisotopic (exact) mass is 470 g/mol. The molecule has 0 aliphatic carbocycles. The van der Waals surface area contributed by atoms with Gasteiger partial charge in [-0.3, -0.25) is 9.59 Å². The second kappa shape index (κ2) is 11.7. The minimum atomic E-state index is -0.863. The third-order valence-corrected chi connectivity index (χ3v) is 5.45. The van der Waals surface area contributed by atoms with Gasteiger partial charge in [-0.05, 0) is 41.0 Å². The molecule has 0 aliphatic rings. The van der Waals surface area contributed by atoms with Gasteiger partial charge in [-0.1, -0.05) is 77.8 Å². The third kappa shape index (κ3) is 6.57. The van der Waals surface area contributed by atoms with Crippen LogP contribution in [0.1, 0.15) is 22.7 Å². The molecule has 2 amide bonds. The van der Waals surface area contributed by atoms with Crippen LogP contribution in [0.3, 0.4) is 0 Å². The fourth-order valence-electron chi connectivity index (χ4n) is 3.37. The van der Waals surface area contributed by atoms with Crippen LogP contribution in [0.15, 0.2) is 78.9 Å². The highest BCUT2D eigenvalue weighted by Gasteiger charge is 2.31. The molecule has 3 aromatic carbocycles. The van der Waals surface area contributed by atoms with Crippen molar-refractivity contribution >= 4 is 35.0 Å². The number of benzene rings is 3. The molecular weight excluding hydrogens is 447 g/mol. The van der Waals surface area contributed by atoms with Gasteiger partial charge in [-0.25, -0.2) is 0 Å². The molecule has 0 aromatic heterocycles. The van der Waals surface area contributed by atoms with Crippen molar-refractivity contribution in [2.75, 3.05) is 13.2 Å². The van der Waals surface area contributed by atoms with Gasteiger partial charge < -0.3 is 15.3 Å². The second-order valence-electron chi connectivity index (χ2n) is 7.28. The zero-order chi connectivity index (χ0) is 22.9. The highest BCUT2D eigenvalue weighted by atomic mass is 35.5. The van der Waals surface area contributed by atoms with Gasteiger partial charge in [-0.15, -0.1) is 0 Å². The number of carbonyl (C=O) groups is 2. The van der Waals surface area contributed by atoms with Crippen LogP contribution in [-0.2, 0) is 22.6 Å². The first-order valence-corrected chi connectivity index (χ1v) is 11.0. The minimum absolute atomic E-state index is 0.0995. The van der Waals surface area contributed by atoms with E-state index in [1.165, 1.54) is 0 Å². The predicted molar refractivity (Wildman–Crippen MR) is 126 cm³/mol. The maximum absolute atomic E-state index is 13.5. The molecule has 1 atom stereocenters. The van der Waals surface area contributed by atoms with E-state index in [-0.39, 0.29) is 37.9 Å². The van der Waals surface area contributed by atoms with Gasteiger partial charge in [0.15, 0.2) is 0 Å². The standard InChI is InChI=1S/C25H24Cl2N2O3/c26-21-10-6-18(7-11-21)16-23(31)29(17-19-8-12-22(27)13-9-19)24(25(32)28-14-15-30)20-4-2-1-3-5-20/h1-13,24,30H,14-17H2,(H,28,32)/t24-/m0/s1. The molecule has 7 heteroatoms. The van der Waals surface area contributed by atoms with Gasteiger partial charge >= 0.3 is 0 Å². The summed E-state index contributed by atoms with van der Waals surface area (Å²) in [5.41, 5.74) is 2.32. The molecule has 0 heterocycles. The van der Waals surface area contributed by atoms with Crippen molar-refractivity contribution in [1.29, 1.82) is 0 Å². The van der Waals surface area contributed by atoms with Crippen LogP contribution in [0.5, 0.6) is 0 Å². The van der Waals surface area contributed by atoms with Gasteiger partial charge in [0.1, 0.15) is 6.04 Å². The lowest BCUT2D eigenvalue weighted by molar-refractivity contribution is -0.141. The van der Waals surface area contributed by atoms with Crippen molar-refractivity contribution < 1.29 is 14.7 Å². The number of hydrogen-bond acceptors (Lipinski definition) is 3. The number of hydrogen-bond donors (Lipinski definition) is 2. The first kappa shape index (κ1) is 23.8. The normalized spacial score (nSPS) is 11.6. The molecule has 0 saturated heterocycles. The molecule has 3 aromatic rings. The van der Waals surface area contributed by atoms with Crippen LogP contribution in [0.25, 0.3) is 0 Å². The third-order valence-electron chi connectivity index (χ3n) is 4.94. The molecular formula is C25H24Cl2N2O3. The van der Waals surface area contributed by atoms with E-state index >= 15 is 0 Å². The van der Waals surface area contributed by atoms with Crippen molar-refractivity contribution in [3.05, 3.63) is 106 Å². The molecule has 0 radical (unpaired) electrons. The van der Waals surface area contributed by atoms with Crippen LogP contribution in [0, 0.1) is 0 Å². The fraction of sp³-hybridized carbons (Fsp3) is 0.200. The molecule has 3 rings (SSSR count). The SMILES string of the molecule is O=C(NCCO)[C@H](c1ccccc1)N(Cc1ccc(Cl)cc1)C(=O)Cc1ccc(Cl)cc1. The van der Waals surface area contributed by atoms with Gasteiger partial charge in [0.2, 0.25) is 11.8 Å². The Morgan fingerprint density at radius 2 is 1.41 bits per heavy atom. The zero-order valence-electron chi connectivity index (χ0n) is 17.4. The molecule has 0 saturated carbocycles. The van der Waals surface area contributed by atoms with Crippen molar-refractivity contribution in [3.8, 4) is 0 Å². The minimum Gasteiger partial charge on any atom is -0.395 e. The van der Waals surface area contributed by atoms with Crippen LogP contribution in [0.4, 0.5) is 0 Å². The molecule has 32 heavy (non-hydrogen) atoms. The van der Waals surface area contributed by atoms with E-state index in [4.69, 9.17) is 23.2 Å². The molecule has 5 nitrogen and oxygen atoms in total. The Hall–Kier alpha value is -2.86. The van der Waals surface area contributed by atoms with Gasteiger partial charge in [-0.2, -0.15) is 0 Å². The van der Waals surface area contributed by atoms with Crippen molar-refractivity contribution in [1.82, 2.24) is 10.2 Å². The lowest BCUT2D eigenvalue weighted by atomic mass is 10.0. The lowest BCUT2D eigenvalue weighted by Crippen LogP contribution is -2.44. The number of nitrogens with zero attached hydrogens (tertiary/aromatic N) is 1. The number of amides is 2. The van der Waals surface area contributed by atoms with Crippen molar-refractivity contribution in [2.45, 2.75) is 19.0 Å². The Kier molecular flexibility index (Phi) is 8.68. The Bertz CT molecular complexity index is 1030. The van der Waals surface area contributed by atoms with E-state index in [1.807, 2.05) is 42.5 Å². The Labute approximate surface area is 197 Å². The molecule has 2 N–H and O–H groups in total. The number of halogens is 2. The molecule has 166 valence electrons. The van der Waals surface area contributed by atoms with E-state index < -0.39 is 6.04 Å². The summed E-state index contributed by atoms with van der Waals surface area (Å²) in [5.74, 6) is -0.570. The Morgan fingerprint density at radius 3 is 1.97 bits per heavy atom. The first-order valence-electron chi connectivity index (χ1n) is 10.2. The van der Waals surface area contributed by atoms with Crippen LogP contribution in [-0.4, -0.2) is 35.0 Å². The van der Waals surface area contributed by atoms with E-state index in [0.29, 0.717) is 15.6 Å². The topological polar surface area (TPSA) is 69.6 Å². The van der Waals surface area contributed by atoms with E-state index in [9.17, 15) is 14.7 Å². The molecule has 0 spiro atoms. The molecule has 0 bridgehead atoms. The summed E-state index contributed by atoms with van der Waals surface area (Å²) >= 11 is 12.0. The maximum atomic E-state index is 13.5. The largest absolute Gasteiger partial charge is 0.395 e. The summed E-state index contributed by atoms with van der Waals surface area (Å²) in [6.45, 7) is 0.126. The quantitative estimate of drug-likeness (QED) is 0.486. The first-order chi connectivity index (χ1) is 15.5. The van der Waals surface area contributed by atoms with E-state index in [1.54, 1.807) is 41.3 Å². The highest BCUT2D eigenvalue weighted by Crippen LogP contribution is 2.25. The van der Waals surface area contributed by atoms with Crippen molar-refractivity contribution in [2.24, 2.45) is 0 Å². The van der Waals surface area contributed by atoms with Gasteiger partial charge in [0.05, 0.1) is 13.0 Å². The highest BCUT2D eigenvalue weighted by molar-refractivity contribution is 6.30. The average Bonchev–Trinajstić information content (AvgIpc) is 2.80. The smallest absolute Gasteiger partial charge is 0.247 e. The van der Waals surface area contributed by atoms with Crippen molar-refractivity contribution in [3.63, 3.8) is 0 Å². The van der Waals surface area contributed by atoms with Gasteiger partial charge in [0, 0.05) is 23.1 Å². The molecule has 0 aliphatic heterocycles. The number of carbonyl (C=O) groups excluding carboxylic acids is 2. The van der Waals surface area contributed by atoms with Gasteiger partial charge in [0.25, 0.3) is 0 Å². The Morgan fingerprint density at radius 1 is 0.844 bits per heavy atom. The number of rotatable bonds is 9. The average molecular weight is 471 g/mol. The van der Waals surface area contributed by atoms with Crippen LogP contribution in [0.2, 0.25) is 10.0 Å². The summed E-state index contributed by atoms with van der Waals surface area (Å²) in [6.07, 6.45) is 0.112. The summed E-state index contributed by atoms with van der Waals surface area (Å²) < 4.78 is 0. The number of nitrogens with one attached hydrogen (secondary N) is 1. The summed E-state index contributed by atoms with van der Waals surface area (Å²) in [4.78, 5) is 28.2. The van der Waals surface area contributed by atoms with Crippen LogP contribution < -0.4 is 5.32 Å². The van der Waals surface area contributed by atoms with E-state index in [2.05, 4.69) is 5.32 Å². The zero-order valence-corrected chi connectivity index (χ0v) is 18.9. The molecule has 0 unspecified atom stereocenters.